The Labute approximate surface area is 175 Å². The van der Waals surface area contributed by atoms with Crippen LogP contribution in [0.2, 0.25) is 0 Å². The van der Waals surface area contributed by atoms with Crippen LogP contribution in [-0.4, -0.2) is 44.9 Å². The van der Waals surface area contributed by atoms with E-state index in [0.717, 1.165) is 4.31 Å². The van der Waals surface area contributed by atoms with Gasteiger partial charge in [0, 0.05) is 18.3 Å². The molecule has 0 saturated carbocycles. The molecular formula is C21H25FN2O5S. The van der Waals surface area contributed by atoms with Crippen molar-refractivity contribution in [2.24, 2.45) is 5.92 Å². The topological polar surface area (TPSA) is 84.9 Å². The summed E-state index contributed by atoms with van der Waals surface area (Å²) in [6.45, 7) is 4.47. The fourth-order valence-corrected chi connectivity index (χ4v) is 4.37. The smallest absolute Gasteiger partial charge is 0.243 e. The molecule has 2 aromatic rings. The maximum atomic E-state index is 13.4. The Balaban J connectivity index is 1.81. The molecule has 162 valence electrons. The van der Waals surface area contributed by atoms with Crippen LogP contribution in [0.4, 0.5) is 10.1 Å². The van der Waals surface area contributed by atoms with E-state index in [9.17, 15) is 17.6 Å². The van der Waals surface area contributed by atoms with Crippen molar-refractivity contribution in [1.29, 1.82) is 0 Å². The van der Waals surface area contributed by atoms with Crippen molar-refractivity contribution in [2.45, 2.75) is 25.2 Å². The minimum absolute atomic E-state index is 0.0223. The molecule has 0 bridgehead atoms. The number of carbonyl (C=O) groups excluding carboxylic acids is 1. The molecule has 0 atom stereocenters. The molecule has 0 saturated heterocycles. The van der Waals surface area contributed by atoms with E-state index in [1.54, 1.807) is 6.07 Å². The molecule has 30 heavy (non-hydrogen) atoms. The summed E-state index contributed by atoms with van der Waals surface area (Å²) in [5.74, 6) is 0.0428. The molecule has 1 N–H and O–H groups in total. The van der Waals surface area contributed by atoms with Gasteiger partial charge in [0.25, 0.3) is 0 Å². The van der Waals surface area contributed by atoms with Gasteiger partial charge in [0.2, 0.25) is 15.9 Å². The maximum Gasteiger partial charge on any atom is 0.243 e. The fraction of sp³-hybridized carbons (Fsp3) is 0.381. The number of hydrogen-bond acceptors (Lipinski definition) is 5. The van der Waals surface area contributed by atoms with Crippen molar-refractivity contribution in [3.05, 3.63) is 48.3 Å². The lowest BCUT2D eigenvalue weighted by atomic mass is 10.1. The minimum Gasteiger partial charge on any atom is -0.486 e. The molecule has 1 heterocycles. The number of halogens is 1. The van der Waals surface area contributed by atoms with Crippen LogP contribution in [-0.2, 0) is 14.8 Å². The molecule has 0 unspecified atom stereocenters. The first kappa shape index (κ1) is 22.0. The predicted molar refractivity (Wildman–Crippen MR) is 111 cm³/mol. The van der Waals surface area contributed by atoms with Crippen LogP contribution in [0.1, 0.15) is 20.3 Å². The molecule has 0 aliphatic carbocycles. The average molecular weight is 437 g/mol. The highest BCUT2D eigenvalue weighted by Crippen LogP contribution is 2.33. The molecule has 0 aromatic heterocycles. The number of nitrogens with one attached hydrogen (secondary N) is 1. The number of fused-ring (bicyclic) bond motifs is 1. The number of hydrogen-bond donors (Lipinski definition) is 1. The Morgan fingerprint density at radius 3 is 2.57 bits per heavy atom. The second-order valence-electron chi connectivity index (χ2n) is 7.39. The average Bonchev–Trinajstić information content (AvgIpc) is 2.70. The molecule has 0 radical (unpaired) electrons. The first-order valence-corrected chi connectivity index (χ1v) is 11.1. The van der Waals surface area contributed by atoms with Gasteiger partial charge in [0.05, 0.1) is 11.4 Å². The van der Waals surface area contributed by atoms with Crippen molar-refractivity contribution in [1.82, 2.24) is 4.31 Å². The number of sulfonamides is 1. The lowest BCUT2D eigenvalue weighted by molar-refractivity contribution is -0.116. The van der Waals surface area contributed by atoms with Crippen LogP contribution in [0.3, 0.4) is 0 Å². The highest BCUT2D eigenvalue weighted by molar-refractivity contribution is 7.89. The number of ether oxygens (including phenoxy) is 2. The normalized spacial score (nSPS) is 13.5. The zero-order chi connectivity index (χ0) is 21.7. The summed E-state index contributed by atoms with van der Waals surface area (Å²) < 4.78 is 51.9. The van der Waals surface area contributed by atoms with Gasteiger partial charge >= 0.3 is 0 Å². The summed E-state index contributed by atoms with van der Waals surface area (Å²) in [4.78, 5) is 12.5. The Hall–Kier alpha value is -2.65. The molecular weight excluding hydrogens is 411 g/mol. The van der Waals surface area contributed by atoms with Crippen molar-refractivity contribution in [2.75, 3.05) is 31.6 Å². The summed E-state index contributed by atoms with van der Waals surface area (Å²) in [7, 11) is -3.96. The Morgan fingerprint density at radius 2 is 1.87 bits per heavy atom. The molecule has 0 spiro atoms. The second-order valence-corrected chi connectivity index (χ2v) is 9.32. The third kappa shape index (κ3) is 5.48. The third-order valence-corrected chi connectivity index (χ3v) is 6.38. The summed E-state index contributed by atoms with van der Waals surface area (Å²) in [6, 6.07) is 9.84. The minimum atomic E-state index is -3.96. The van der Waals surface area contributed by atoms with E-state index in [1.807, 2.05) is 13.8 Å². The zero-order valence-corrected chi connectivity index (χ0v) is 17.7. The van der Waals surface area contributed by atoms with Gasteiger partial charge in [-0.05, 0) is 42.7 Å². The molecule has 7 nitrogen and oxygen atoms in total. The number of benzene rings is 2. The van der Waals surface area contributed by atoms with Crippen molar-refractivity contribution < 1.29 is 27.1 Å². The van der Waals surface area contributed by atoms with Gasteiger partial charge in [-0.25, -0.2) is 12.8 Å². The number of amides is 1. The second kappa shape index (κ2) is 9.44. The van der Waals surface area contributed by atoms with Crippen LogP contribution < -0.4 is 14.8 Å². The molecule has 0 fully saturated rings. The molecule has 3 rings (SSSR count). The van der Waals surface area contributed by atoms with Gasteiger partial charge in [0.1, 0.15) is 19.0 Å². The van der Waals surface area contributed by atoms with E-state index in [0.29, 0.717) is 31.1 Å². The Kier molecular flexibility index (Phi) is 6.94. The summed E-state index contributed by atoms with van der Waals surface area (Å²) in [6.07, 6.45) is 0.580. The first-order valence-electron chi connectivity index (χ1n) is 9.71. The molecule has 9 heteroatoms. The molecule has 2 aromatic carbocycles. The monoisotopic (exact) mass is 436 g/mol. The van der Waals surface area contributed by atoms with Crippen molar-refractivity contribution >= 4 is 21.6 Å². The van der Waals surface area contributed by atoms with Gasteiger partial charge in [0.15, 0.2) is 11.5 Å². The van der Waals surface area contributed by atoms with E-state index in [2.05, 4.69) is 5.32 Å². The van der Waals surface area contributed by atoms with E-state index in [4.69, 9.17) is 9.47 Å². The maximum absolute atomic E-state index is 13.4. The van der Waals surface area contributed by atoms with Crippen LogP contribution in [0.25, 0.3) is 0 Å². The zero-order valence-electron chi connectivity index (χ0n) is 16.9. The molecule has 1 aliphatic rings. The summed E-state index contributed by atoms with van der Waals surface area (Å²) in [5, 5.41) is 2.54. The Bertz CT molecular complexity index is 1010. The lowest BCUT2D eigenvalue weighted by Gasteiger charge is -2.24. The van der Waals surface area contributed by atoms with Gasteiger partial charge in [-0.1, -0.05) is 19.9 Å². The number of nitrogens with zero attached hydrogens (tertiary/aromatic N) is 1. The first-order chi connectivity index (χ1) is 14.3. The van der Waals surface area contributed by atoms with E-state index in [1.165, 1.54) is 36.4 Å². The predicted octanol–water partition coefficient (Wildman–Crippen LogP) is 3.27. The lowest BCUT2D eigenvalue weighted by Crippen LogP contribution is -2.39. The van der Waals surface area contributed by atoms with Crippen LogP contribution >= 0.6 is 0 Å². The fourth-order valence-electron chi connectivity index (χ4n) is 2.95. The van der Waals surface area contributed by atoms with Gasteiger partial charge < -0.3 is 14.8 Å². The summed E-state index contributed by atoms with van der Waals surface area (Å²) in [5.41, 5.74) is 0.264. The highest BCUT2D eigenvalue weighted by Gasteiger charge is 2.28. The Morgan fingerprint density at radius 1 is 1.13 bits per heavy atom. The van der Waals surface area contributed by atoms with Gasteiger partial charge in [-0.2, -0.15) is 4.31 Å². The SMILES string of the molecule is CC(C)CCN(CC(=O)Nc1cccc(F)c1)S(=O)(=O)c1ccc2c(c1)OCCO2. The standard InChI is InChI=1S/C21H25FN2O5S/c1-15(2)8-9-24(14-21(25)23-17-5-3-4-16(22)12-17)30(26,27)18-6-7-19-20(13-18)29-11-10-28-19/h3-7,12-13,15H,8-11,14H2,1-2H3,(H,23,25). The van der Waals surface area contributed by atoms with E-state index in [-0.39, 0.29) is 29.6 Å². The highest BCUT2D eigenvalue weighted by atomic mass is 32.2. The van der Waals surface area contributed by atoms with Gasteiger partial charge in [-0.15, -0.1) is 0 Å². The molecule has 1 amide bonds. The number of rotatable bonds is 8. The molecule has 1 aliphatic heterocycles. The van der Waals surface area contributed by atoms with Gasteiger partial charge in [-0.3, -0.25) is 4.79 Å². The third-order valence-electron chi connectivity index (χ3n) is 4.54. The van der Waals surface area contributed by atoms with E-state index >= 15 is 0 Å². The van der Waals surface area contributed by atoms with Crippen LogP contribution in [0, 0.1) is 11.7 Å². The number of carbonyl (C=O) groups is 1. The van der Waals surface area contributed by atoms with Crippen molar-refractivity contribution in [3.63, 3.8) is 0 Å². The summed E-state index contributed by atoms with van der Waals surface area (Å²) >= 11 is 0. The van der Waals surface area contributed by atoms with Crippen LogP contribution in [0.5, 0.6) is 11.5 Å². The van der Waals surface area contributed by atoms with Crippen molar-refractivity contribution in [3.8, 4) is 11.5 Å². The number of anilines is 1. The van der Waals surface area contributed by atoms with E-state index < -0.39 is 21.7 Å². The quantitative estimate of drug-likeness (QED) is 0.687. The van der Waals surface area contributed by atoms with Crippen LogP contribution in [0.15, 0.2) is 47.4 Å². The largest absolute Gasteiger partial charge is 0.486 e.